The Morgan fingerprint density at radius 3 is 2.33 bits per heavy atom. The molecule has 18 heavy (non-hydrogen) atoms. The third-order valence-electron chi connectivity index (χ3n) is 3.02. The molecule has 0 unspecified atom stereocenters. The van der Waals surface area contributed by atoms with Crippen molar-refractivity contribution in [2.75, 3.05) is 0 Å². The first kappa shape index (κ1) is 14.2. The Balaban J connectivity index is 2.97. The van der Waals surface area contributed by atoms with Crippen molar-refractivity contribution in [3.05, 3.63) is 17.7 Å². The largest absolute Gasteiger partial charge is 0.477 e. The van der Waals surface area contributed by atoms with E-state index in [2.05, 4.69) is 15.3 Å². The van der Waals surface area contributed by atoms with Crippen LogP contribution < -0.4 is 5.32 Å². The van der Waals surface area contributed by atoms with E-state index in [-0.39, 0.29) is 11.4 Å². The number of aliphatic hydroxyl groups is 1. The zero-order valence-corrected chi connectivity index (χ0v) is 10.7. The number of H-pyrrole nitrogens is 1. The van der Waals surface area contributed by atoms with Gasteiger partial charge in [-0.3, -0.25) is 4.79 Å². The Morgan fingerprint density at radius 2 is 1.89 bits per heavy atom. The average Bonchev–Trinajstić information content (AvgIpc) is 2.62. The van der Waals surface area contributed by atoms with E-state index in [4.69, 9.17) is 5.11 Å². The van der Waals surface area contributed by atoms with Gasteiger partial charge in [-0.2, -0.15) is 0 Å². The first-order valence-electron chi connectivity index (χ1n) is 5.38. The number of hydrogen-bond acceptors (Lipinski definition) is 4. The van der Waals surface area contributed by atoms with Crippen LogP contribution in [-0.2, 0) is 0 Å². The van der Waals surface area contributed by atoms with Crippen molar-refractivity contribution < 1.29 is 19.8 Å². The fourth-order valence-electron chi connectivity index (χ4n) is 1.13. The lowest BCUT2D eigenvalue weighted by Gasteiger charge is -2.37. The van der Waals surface area contributed by atoms with Gasteiger partial charge < -0.3 is 20.5 Å². The van der Waals surface area contributed by atoms with Crippen molar-refractivity contribution in [2.24, 2.45) is 0 Å². The molecule has 0 fully saturated rings. The SMILES string of the molecule is CC(C)(O)C(C)(C)NC(=O)c1nc[nH]c1C(=O)O. The standard InChI is InChI=1S/C11H17N3O4/c1-10(2,11(3,4)18)14-8(15)6-7(9(16)17)13-5-12-6/h5,18H,1-4H3,(H,12,13)(H,14,15)(H,16,17). The molecule has 0 aromatic carbocycles. The van der Waals surface area contributed by atoms with E-state index in [1.54, 1.807) is 27.7 Å². The minimum atomic E-state index is -1.27. The number of nitrogens with one attached hydrogen (secondary N) is 2. The Labute approximate surface area is 104 Å². The maximum Gasteiger partial charge on any atom is 0.354 e. The summed E-state index contributed by atoms with van der Waals surface area (Å²) in [6.45, 7) is 6.38. The normalized spacial score (nSPS) is 12.3. The molecule has 1 aromatic rings. The van der Waals surface area contributed by atoms with E-state index in [1.165, 1.54) is 0 Å². The fourth-order valence-corrected chi connectivity index (χ4v) is 1.13. The molecule has 7 heteroatoms. The maximum atomic E-state index is 11.9. The molecule has 0 aliphatic heterocycles. The van der Waals surface area contributed by atoms with Gasteiger partial charge in [0.25, 0.3) is 5.91 Å². The molecule has 0 aliphatic rings. The molecule has 1 amide bonds. The molecule has 0 bridgehead atoms. The lowest BCUT2D eigenvalue weighted by molar-refractivity contribution is -0.00303. The molecule has 0 atom stereocenters. The average molecular weight is 255 g/mol. The highest BCUT2D eigenvalue weighted by Gasteiger charge is 2.37. The van der Waals surface area contributed by atoms with Gasteiger partial charge in [0.05, 0.1) is 17.5 Å². The third-order valence-corrected chi connectivity index (χ3v) is 3.02. The molecular formula is C11H17N3O4. The second kappa shape index (κ2) is 4.41. The number of hydrogen-bond donors (Lipinski definition) is 4. The topological polar surface area (TPSA) is 115 Å². The number of amides is 1. The van der Waals surface area contributed by atoms with Crippen LogP contribution in [0, 0.1) is 0 Å². The second-order valence-corrected chi connectivity index (χ2v) is 5.07. The van der Waals surface area contributed by atoms with Crippen LogP contribution >= 0.6 is 0 Å². The fraction of sp³-hybridized carbons (Fsp3) is 0.545. The van der Waals surface area contributed by atoms with Gasteiger partial charge in [-0.25, -0.2) is 9.78 Å². The Hall–Kier alpha value is -1.89. The van der Waals surface area contributed by atoms with Crippen molar-refractivity contribution in [3.8, 4) is 0 Å². The molecule has 1 aromatic heterocycles. The summed E-state index contributed by atoms with van der Waals surface area (Å²) in [6.07, 6.45) is 1.13. The summed E-state index contributed by atoms with van der Waals surface area (Å²) in [6, 6.07) is 0. The Morgan fingerprint density at radius 1 is 1.33 bits per heavy atom. The number of imidazole rings is 1. The zero-order chi connectivity index (χ0) is 14.1. The first-order valence-corrected chi connectivity index (χ1v) is 5.38. The molecule has 1 heterocycles. The molecule has 0 spiro atoms. The van der Waals surface area contributed by atoms with Gasteiger partial charge in [-0.15, -0.1) is 0 Å². The third kappa shape index (κ3) is 2.67. The van der Waals surface area contributed by atoms with Gasteiger partial charge in [0, 0.05) is 0 Å². The summed E-state index contributed by atoms with van der Waals surface area (Å²) in [4.78, 5) is 28.8. The van der Waals surface area contributed by atoms with Crippen LogP contribution in [0.1, 0.15) is 48.7 Å². The van der Waals surface area contributed by atoms with Crippen molar-refractivity contribution >= 4 is 11.9 Å². The van der Waals surface area contributed by atoms with Gasteiger partial charge in [0.2, 0.25) is 0 Å². The number of carboxylic acids is 1. The quantitative estimate of drug-likeness (QED) is 0.621. The highest BCUT2D eigenvalue weighted by atomic mass is 16.4. The summed E-state index contributed by atoms with van der Waals surface area (Å²) in [7, 11) is 0. The van der Waals surface area contributed by atoms with E-state index in [9.17, 15) is 14.7 Å². The number of aromatic nitrogens is 2. The number of carboxylic acid groups (broad SMARTS) is 1. The van der Waals surface area contributed by atoms with Gasteiger partial charge in [0.1, 0.15) is 0 Å². The van der Waals surface area contributed by atoms with Gasteiger partial charge >= 0.3 is 5.97 Å². The van der Waals surface area contributed by atoms with E-state index in [0.717, 1.165) is 6.33 Å². The van der Waals surface area contributed by atoms with Crippen LogP contribution in [0.3, 0.4) is 0 Å². The summed E-state index contributed by atoms with van der Waals surface area (Å²) < 4.78 is 0. The van der Waals surface area contributed by atoms with E-state index < -0.39 is 23.0 Å². The van der Waals surface area contributed by atoms with Crippen LogP contribution in [-0.4, -0.2) is 43.2 Å². The smallest absolute Gasteiger partial charge is 0.354 e. The summed E-state index contributed by atoms with van der Waals surface area (Å²) >= 11 is 0. The van der Waals surface area contributed by atoms with Crippen molar-refractivity contribution in [2.45, 2.75) is 38.8 Å². The number of carbonyl (C=O) groups is 2. The number of carbonyl (C=O) groups excluding carboxylic acids is 1. The van der Waals surface area contributed by atoms with E-state index in [1.807, 2.05) is 0 Å². The molecule has 1 rings (SSSR count). The van der Waals surface area contributed by atoms with Crippen LogP contribution in [0.25, 0.3) is 0 Å². The van der Waals surface area contributed by atoms with Crippen molar-refractivity contribution in [3.63, 3.8) is 0 Å². The van der Waals surface area contributed by atoms with Crippen LogP contribution in [0.15, 0.2) is 6.33 Å². The lowest BCUT2D eigenvalue weighted by atomic mass is 9.86. The summed E-state index contributed by atoms with van der Waals surface area (Å²) in [5, 5.41) is 21.3. The Bertz CT molecular complexity index is 471. The monoisotopic (exact) mass is 255 g/mol. The number of aromatic amines is 1. The molecule has 0 radical (unpaired) electrons. The van der Waals surface area contributed by atoms with Gasteiger partial charge in [-0.1, -0.05) is 0 Å². The van der Waals surface area contributed by atoms with Gasteiger partial charge in [0.15, 0.2) is 11.4 Å². The molecule has 4 N–H and O–H groups in total. The predicted octanol–water partition coefficient (Wildman–Crippen LogP) is 0.387. The molecular weight excluding hydrogens is 238 g/mol. The molecule has 7 nitrogen and oxygen atoms in total. The number of rotatable bonds is 4. The van der Waals surface area contributed by atoms with Crippen LogP contribution in [0.4, 0.5) is 0 Å². The number of aromatic carboxylic acids is 1. The minimum absolute atomic E-state index is 0.208. The summed E-state index contributed by atoms with van der Waals surface area (Å²) in [5.74, 6) is -1.92. The van der Waals surface area contributed by atoms with Crippen LogP contribution in [0.5, 0.6) is 0 Å². The van der Waals surface area contributed by atoms with Gasteiger partial charge in [-0.05, 0) is 27.7 Å². The minimum Gasteiger partial charge on any atom is -0.477 e. The highest BCUT2D eigenvalue weighted by molar-refractivity contribution is 6.02. The van der Waals surface area contributed by atoms with Crippen molar-refractivity contribution in [1.29, 1.82) is 0 Å². The Kier molecular flexibility index (Phi) is 3.47. The first-order chi connectivity index (χ1) is 8.06. The predicted molar refractivity (Wildman–Crippen MR) is 63.4 cm³/mol. The van der Waals surface area contributed by atoms with Crippen molar-refractivity contribution in [1.82, 2.24) is 15.3 Å². The maximum absolute atomic E-state index is 11.9. The molecule has 0 saturated heterocycles. The van der Waals surface area contributed by atoms with E-state index in [0.29, 0.717) is 0 Å². The highest BCUT2D eigenvalue weighted by Crippen LogP contribution is 2.21. The van der Waals surface area contributed by atoms with E-state index >= 15 is 0 Å². The second-order valence-electron chi connectivity index (χ2n) is 5.07. The molecule has 100 valence electrons. The summed E-state index contributed by atoms with van der Waals surface area (Å²) in [5.41, 5.74) is -2.58. The molecule has 0 saturated carbocycles. The zero-order valence-electron chi connectivity index (χ0n) is 10.7. The van der Waals surface area contributed by atoms with Crippen LogP contribution in [0.2, 0.25) is 0 Å². The number of nitrogens with zero attached hydrogens (tertiary/aromatic N) is 1. The lowest BCUT2D eigenvalue weighted by Crippen LogP contribution is -2.57. The molecule has 0 aliphatic carbocycles.